The van der Waals surface area contributed by atoms with E-state index in [1.807, 2.05) is 12.1 Å². The molecule has 0 aliphatic heterocycles. The van der Waals surface area contributed by atoms with Gasteiger partial charge in [-0.2, -0.15) is 0 Å². The smallest absolute Gasteiger partial charge is 0.0406 e. The van der Waals surface area contributed by atoms with Crippen LogP contribution in [0.4, 0.5) is 0 Å². The van der Waals surface area contributed by atoms with E-state index in [-0.39, 0.29) is 12.4 Å². The fraction of sp³-hybridized carbons (Fsp3) is 0.294. The first kappa shape index (κ1) is 17.0. The van der Waals surface area contributed by atoms with E-state index in [0.717, 1.165) is 24.4 Å². The first-order valence-corrected chi connectivity index (χ1v) is 7.13. The molecule has 0 saturated carbocycles. The molecule has 0 fully saturated rings. The van der Waals surface area contributed by atoms with Gasteiger partial charge in [0.15, 0.2) is 0 Å². The monoisotopic (exact) mass is 309 g/mol. The number of nitrogens with one attached hydrogen (secondary N) is 1. The molecule has 0 saturated heterocycles. The van der Waals surface area contributed by atoms with E-state index in [1.165, 1.54) is 11.1 Å². The average Bonchev–Trinajstić information content (AvgIpc) is 2.45. The molecule has 108 valence electrons. The Morgan fingerprint density at radius 3 is 2.25 bits per heavy atom. The lowest BCUT2D eigenvalue weighted by Gasteiger charge is -2.14. The van der Waals surface area contributed by atoms with Crippen LogP contribution >= 0.6 is 24.0 Å². The fourth-order valence-corrected chi connectivity index (χ4v) is 2.15. The van der Waals surface area contributed by atoms with Crippen molar-refractivity contribution in [1.82, 2.24) is 5.32 Å². The Balaban J connectivity index is 0.00000200. The number of benzene rings is 2. The Morgan fingerprint density at radius 1 is 0.950 bits per heavy atom. The van der Waals surface area contributed by atoms with Crippen molar-refractivity contribution in [2.75, 3.05) is 0 Å². The summed E-state index contributed by atoms with van der Waals surface area (Å²) in [4.78, 5) is 0. The summed E-state index contributed by atoms with van der Waals surface area (Å²) in [5, 5.41) is 4.34. The maximum absolute atomic E-state index is 5.87. The zero-order valence-corrected chi connectivity index (χ0v) is 13.3. The molecular formula is C17H21Cl2N. The standard InChI is InChI=1S/C17H20ClN.ClH/c1-14(7-8-15-5-3-2-4-6-15)19-13-16-9-11-17(18)12-10-16;/h2-6,9-12,14,19H,7-8,13H2,1H3;1H. The molecule has 2 aromatic carbocycles. The van der Waals surface area contributed by atoms with Crippen molar-refractivity contribution in [3.05, 3.63) is 70.7 Å². The normalized spacial score (nSPS) is 11.7. The van der Waals surface area contributed by atoms with Crippen LogP contribution in [-0.2, 0) is 13.0 Å². The van der Waals surface area contributed by atoms with Crippen LogP contribution < -0.4 is 5.32 Å². The minimum Gasteiger partial charge on any atom is -0.310 e. The lowest BCUT2D eigenvalue weighted by molar-refractivity contribution is 0.514. The Bertz CT molecular complexity index is 482. The molecule has 0 radical (unpaired) electrons. The van der Waals surface area contributed by atoms with Crippen molar-refractivity contribution in [3.63, 3.8) is 0 Å². The Kier molecular flexibility index (Phi) is 7.68. The average molecular weight is 310 g/mol. The Hall–Kier alpha value is -1.02. The van der Waals surface area contributed by atoms with Gasteiger partial charge in [-0.05, 0) is 43.0 Å². The maximum atomic E-state index is 5.87. The molecule has 1 nitrogen and oxygen atoms in total. The van der Waals surface area contributed by atoms with Crippen molar-refractivity contribution < 1.29 is 0 Å². The predicted octanol–water partition coefficient (Wildman–Crippen LogP) is 4.87. The second kappa shape index (κ2) is 9.02. The van der Waals surface area contributed by atoms with Crippen LogP contribution in [0.1, 0.15) is 24.5 Å². The maximum Gasteiger partial charge on any atom is 0.0406 e. The summed E-state index contributed by atoms with van der Waals surface area (Å²) in [6.07, 6.45) is 2.27. The summed E-state index contributed by atoms with van der Waals surface area (Å²) in [5.41, 5.74) is 2.68. The molecule has 0 heterocycles. The molecule has 2 rings (SSSR count). The quantitative estimate of drug-likeness (QED) is 0.802. The van der Waals surface area contributed by atoms with Crippen molar-refractivity contribution in [3.8, 4) is 0 Å². The van der Waals surface area contributed by atoms with Gasteiger partial charge >= 0.3 is 0 Å². The Labute approximate surface area is 132 Å². The van der Waals surface area contributed by atoms with Gasteiger partial charge in [0.05, 0.1) is 0 Å². The van der Waals surface area contributed by atoms with Crippen LogP contribution in [0.15, 0.2) is 54.6 Å². The third-order valence-electron chi connectivity index (χ3n) is 3.28. The van der Waals surface area contributed by atoms with Crippen LogP contribution in [0.25, 0.3) is 0 Å². The number of hydrogen-bond donors (Lipinski definition) is 1. The molecule has 0 spiro atoms. The number of halogens is 2. The first-order valence-electron chi connectivity index (χ1n) is 6.76. The zero-order valence-electron chi connectivity index (χ0n) is 11.7. The van der Waals surface area contributed by atoms with Gasteiger partial charge in [-0.25, -0.2) is 0 Å². The minimum absolute atomic E-state index is 0. The van der Waals surface area contributed by atoms with Crippen molar-refractivity contribution in [2.24, 2.45) is 0 Å². The van der Waals surface area contributed by atoms with E-state index in [9.17, 15) is 0 Å². The highest BCUT2D eigenvalue weighted by molar-refractivity contribution is 6.30. The molecule has 0 aliphatic rings. The van der Waals surface area contributed by atoms with Gasteiger partial charge in [0.1, 0.15) is 0 Å². The number of rotatable bonds is 6. The second-order valence-corrected chi connectivity index (χ2v) is 5.37. The van der Waals surface area contributed by atoms with E-state index in [1.54, 1.807) is 0 Å². The van der Waals surface area contributed by atoms with E-state index in [4.69, 9.17) is 11.6 Å². The van der Waals surface area contributed by atoms with Gasteiger partial charge in [0.2, 0.25) is 0 Å². The van der Waals surface area contributed by atoms with Crippen LogP contribution in [0.5, 0.6) is 0 Å². The molecular weight excluding hydrogens is 289 g/mol. The second-order valence-electron chi connectivity index (χ2n) is 4.93. The summed E-state index contributed by atoms with van der Waals surface area (Å²) in [7, 11) is 0. The summed E-state index contributed by atoms with van der Waals surface area (Å²) in [5.74, 6) is 0. The van der Waals surface area contributed by atoms with Crippen molar-refractivity contribution >= 4 is 24.0 Å². The molecule has 0 amide bonds. The van der Waals surface area contributed by atoms with Crippen LogP contribution in [0, 0.1) is 0 Å². The van der Waals surface area contributed by atoms with E-state index >= 15 is 0 Å². The zero-order chi connectivity index (χ0) is 13.5. The van der Waals surface area contributed by atoms with Gasteiger partial charge in [0, 0.05) is 17.6 Å². The summed E-state index contributed by atoms with van der Waals surface area (Å²) in [6.45, 7) is 3.13. The van der Waals surface area contributed by atoms with Gasteiger partial charge < -0.3 is 5.32 Å². The van der Waals surface area contributed by atoms with E-state index in [0.29, 0.717) is 6.04 Å². The minimum atomic E-state index is 0. The van der Waals surface area contributed by atoms with E-state index < -0.39 is 0 Å². The third-order valence-corrected chi connectivity index (χ3v) is 3.53. The van der Waals surface area contributed by atoms with Crippen LogP contribution in [-0.4, -0.2) is 6.04 Å². The summed E-state index contributed by atoms with van der Waals surface area (Å²) < 4.78 is 0. The molecule has 2 aromatic rings. The molecule has 0 aliphatic carbocycles. The summed E-state index contributed by atoms with van der Waals surface area (Å²) >= 11 is 5.87. The SMILES string of the molecule is CC(CCc1ccccc1)NCc1ccc(Cl)cc1.Cl. The molecule has 1 unspecified atom stereocenters. The third kappa shape index (κ3) is 5.96. The highest BCUT2D eigenvalue weighted by Crippen LogP contribution is 2.10. The molecule has 1 N–H and O–H groups in total. The van der Waals surface area contributed by atoms with Gasteiger partial charge in [-0.3, -0.25) is 0 Å². The van der Waals surface area contributed by atoms with Gasteiger partial charge in [-0.1, -0.05) is 54.1 Å². The molecule has 20 heavy (non-hydrogen) atoms. The highest BCUT2D eigenvalue weighted by Gasteiger charge is 2.02. The van der Waals surface area contributed by atoms with Crippen molar-refractivity contribution in [1.29, 1.82) is 0 Å². The highest BCUT2D eigenvalue weighted by atomic mass is 35.5. The number of aryl methyl sites for hydroxylation is 1. The van der Waals surface area contributed by atoms with Crippen LogP contribution in [0.2, 0.25) is 5.02 Å². The molecule has 3 heteroatoms. The lowest BCUT2D eigenvalue weighted by Crippen LogP contribution is -2.25. The Morgan fingerprint density at radius 2 is 1.60 bits per heavy atom. The summed E-state index contributed by atoms with van der Waals surface area (Å²) in [6, 6.07) is 19.2. The van der Waals surface area contributed by atoms with Gasteiger partial charge in [-0.15, -0.1) is 12.4 Å². The van der Waals surface area contributed by atoms with Gasteiger partial charge in [0.25, 0.3) is 0 Å². The fourth-order valence-electron chi connectivity index (χ4n) is 2.02. The number of hydrogen-bond acceptors (Lipinski definition) is 1. The first-order chi connectivity index (χ1) is 9.24. The molecule has 0 aromatic heterocycles. The predicted molar refractivity (Wildman–Crippen MR) is 89.8 cm³/mol. The molecule has 0 bridgehead atoms. The van der Waals surface area contributed by atoms with Crippen LogP contribution in [0.3, 0.4) is 0 Å². The van der Waals surface area contributed by atoms with E-state index in [2.05, 4.69) is 54.7 Å². The largest absolute Gasteiger partial charge is 0.310 e. The molecule has 1 atom stereocenters. The topological polar surface area (TPSA) is 12.0 Å². The lowest BCUT2D eigenvalue weighted by atomic mass is 10.1. The van der Waals surface area contributed by atoms with Crippen molar-refractivity contribution in [2.45, 2.75) is 32.4 Å².